The summed E-state index contributed by atoms with van der Waals surface area (Å²) in [6, 6.07) is 13.9. The number of carbonyl (C=O) groups is 1. The second-order valence-corrected chi connectivity index (χ2v) is 7.99. The summed E-state index contributed by atoms with van der Waals surface area (Å²) >= 11 is 0. The minimum Gasteiger partial charge on any atom is -0.339 e. The maximum absolute atomic E-state index is 13.0. The number of para-hydroxylation sites is 1. The van der Waals surface area contributed by atoms with Crippen LogP contribution in [-0.4, -0.2) is 38.9 Å². The van der Waals surface area contributed by atoms with E-state index in [1.165, 1.54) is 10.4 Å². The smallest absolute Gasteiger partial charge is 0.264 e. The molecule has 1 saturated heterocycles. The van der Waals surface area contributed by atoms with Crippen LogP contribution in [0.5, 0.6) is 0 Å². The molecule has 2 aliphatic heterocycles. The van der Waals surface area contributed by atoms with Gasteiger partial charge in [-0.2, -0.15) is 0 Å². The normalized spacial score (nSPS) is 16.7. The summed E-state index contributed by atoms with van der Waals surface area (Å²) in [5.74, 6) is -0.0971. The molecule has 0 aliphatic carbocycles. The number of rotatable bonds is 3. The van der Waals surface area contributed by atoms with Crippen LogP contribution in [0.25, 0.3) is 0 Å². The van der Waals surface area contributed by atoms with Crippen LogP contribution in [0.4, 0.5) is 5.69 Å². The van der Waals surface area contributed by atoms with Crippen molar-refractivity contribution in [2.75, 3.05) is 23.9 Å². The predicted molar refractivity (Wildman–Crippen MR) is 91.6 cm³/mol. The molecule has 0 spiro atoms. The van der Waals surface area contributed by atoms with Crippen LogP contribution in [0.1, 0.15) is 22.3 Å². The van der Waals surface area contributed by atoms with E-state index in [0.717, 1.165) is 30.8 Å². The van der Waals surface area contributed by atoms with E-state index in [4.69, 9.17) is 0 Å². The summed E-state index contributed by atoms with van der Waals surface area (Å²) in [5, 5.41) is 0. The van der Waals surface area contributed by atoms with Crippen molar-refractivity contribution in [1.29, 1.82) is 0 Å². The number of hydrogen-bond acceptors (Lipinski definition) is 3. The lowest BCUT2D eigenvalue weighted by Gasteiger charge is -2.31. The fraction of sp³-hybridized carbons (Fsp3) is 0.278. The summed E-state index contributed by atoms with van der Waals surface area (Å²) < 4.78 is 27.5. The molecule has 0 N–H and O–H groups in total. The lowest BCUT2D eigenvalue weighted by atomic mass is 10.1. The van der Waals surface area contributed by atoms with Crippen molar-refractivity contribution in [3.8, 4) is 0 Å². The SMILES string of the molecule is O=C(c1cccc(S(=O)(=O)N2CCc3ccccc32)c1)N1CCC1. The van der Waals surface area contributed by atoms with Gasteiger partial charge in [0.25, 0.3) is 15.9 Å². The Bertz CT molecular complexity index is 904. The highest BCUT2D eigenvalue weighted by atomic mass is 32.2. The van der Waals surface area contributed by atoms with E-state index in [1.54, 1.807) is 23.1 Å². The molecule has 6 heteroatoms. The van der Waals surface area contributed by atoms with Gasteiger partial charge in [-0.15, -0.1) is 0 Å². The van der Waals surface area contributed by atoms with Gasteiger partial charge in [0.15, 0.2) is 0 Å². The fourth-order valence-electron chi connectivity index (χ4n) is 3.18. The molecule has 2 aromatic carbocycles. The number of sulfonamides is 1. The molecule has 0 atom stereocenters. The number of amides is 1. The molecule has 4 rings (SSSR count). The lowest BCUT2D eigenvalue weighted by Crippen LogP contribution is -2.42. The number of anilines is 1. The molecular weight excluding hydrogens is 324 g/mol. The fourth-order valence-corrected chi connectivity index (χ4v) is 4.73. The van der Waals surface area contributed by atoms with Crippen molar-refractivity contribution < 1.29 is 13.2 Å². The summed E-state index contributed by atoms with van der Waals surface area (Å²) in [6.07, 6.45) is 1.72. The summed E-state index contributed by atoms with van der Waals surface area (Å²) in [7, 11) is -3.66. The standard InChI is InChI=1S/C18H18N2O3S/c21-18(19-10-4-11-19)15-6-3-7-16(13-15)24(22,23)20-12-9-14-5-1-2-8-17(14)20/h1-3,5-8,13H,4,9-12H2. The van der Waals surface area contributed by atoms with Crippen molar-refractivity contribution in [2.45, 2.75) is 17.7 Å². The highest BCUT2D eigenvalue weighted by Crippen LogP contribution is 2.32. The van der Waals surface area contributed by atoms with Gasteiger partial charge < -0.3 is 4.90 Å². The molecule has 5 nitrogen and oxygen atoms in total. The largest absolute Gasteiger partial charge is 0.339 e. The molecule has 2 aliphatic rings. The maximum Gasteiger partial charge on any atom is 0.264 e. The lowest BCUT2D eigenvalue weighted by molar-refractivity contribution is 0.0651. The summed E-state index contributed by atoms with van der Waals surface area (Å²) in [6.45, 7) is 1.93. The highest BCUT2D eigenvalue weighted by molar-refractivity contribution is 7.92. The van der Waals surface area contributed by atoms with Crippen LogP contribution in [0, 0.1) is 0 Å². The quantitative estimate of drug-likeness (QED) is 0.860. The van der Waals surface area contributed by atoms with Crippen molar-refractivity contribution in [1.82, 2.24) is 4.90 Å². The molecule has 2 aromatic rings. The molecular formula is C18H18N2O3S. The average Bonchev–Trinajstić information content (AvgIpc) is 2.98. The van der Waals surface area contributed by atoms with Crippen LogP contribution in [0.15, 0.2) is 53.4 Å². The van der Waals surface area contributed by atoms with E-state index in [1.807, 2.05) is 24.3 Å². The Kier molecular flexibility index (Phi) is 3.57. The van der Waals surface area contributed by atoms with Gasteiger partial charge in [-0.3, -0.25) is 9.10 Å². The monoisotopic (exact) mass is 342 g/mol. The number of fused-ring (bicyclic) bond motifs is 1. The molecule has 1 fully saturated rings. The first kappa shape index (κ1) is 15.2. The van der Waals surface area contributed by atoms with Crippen LogP contribution in [-0.2, 0) is 16.4 Å². The van der Waals surface area contributed by atoms with Crippen LogP contribution >= 0.6 is 0 Å². The van der Waals surface area contributed by atoms with Gasteiger partial charge in [0.1, 0.15) is 0 Å². The van der Waals surface area contributed by atoms with Crippen LogP contribution < -0.4 is 4.31 Å². The first-order valence-electron chi connectivity index (χ1n) is 8.07. The molecule has 1 amide bonds. The van der Waals surface area contributed by atoms with Gasteiger partial charge in [0.2, 0.25) is 0 Å². The van der Waals surface area contributed by atoms with Gasteiger partial charge in [0.05, 0.1) is 10.6 Å². The van der Waals surface area contributed by atoms with Crippen molar-refractivity contribution in [3.05, 3.63) is 59.7 Å². The average molecular weight is 342 g/mol. The van der Waals surface area contributed by atoms with Crippen molar-refractivity contribution in [2.24, 2.45) is 0 Å². The number of hydrogen-bond donors (Lipinski definition) is 0. The third kappa shape index (κ3) is 2.38. The summed E-state index contributed by atoms with van der Waals surface area (Å²) in [4.78, 5) is 14.2. The third-order valence-corrected chi connectivity index (χ3v) is 6.47. The Labute approximate surface area is 141 Å². The number of likely N-dealkylation sites (tertiary alicyclic amines) is 1. The second kappa shape index (κ2) is 5.63. The van der Waals surface area contributed by atoms with Gasteiger partial charge >= 0.3 is 0 Å². The van der Waals surface area contributed by atoms with E-state index in [9.17, 15) is 13.2 Å². The van der Waals surface area contributed by atoms with E-state index < -0.39 is 10.0 Å². The molecule has 2 heterocycles. The van der Waals surface area contributed by atoms with Crippen LogP contribution in [0.2, 0.25) is 0 Å². The van der Waals surface area contributed by atoms with Gasteiger partial charge in [-0.05, 0) is 42.7 Å². The van der Waals surface area contributed by atoms with Gasteiger partial charge in [-0.1, -0.05) is 24.3 Å². The van der Waals surface area contributed by atoms with Crippen molar-refractivity contribution in [3.63, 3.8) is 0 Å². The molecule has 24 heavy (non-hydrogen) atoms. The minimum absolute atomic E-state index is 0.0971. The zero-order chi connectivity index (χ0) is 16.7. The molecule has 0 bridgehead atoms. The third-order valence-electron chi connectivity index (χ3n) is 4.66. The first-order valence-corrected chi connectivity index (χ1v) is 9.51. The number of nitrogens with zero attached hydrogens (tertiary/aromatic N) is 2. The Morgan fingerprint density at radius 1 is 0.958 bits per heavy atom. The van der Waals surface area contributed by atoms with Gasteiger partial charge in [0, 0.05) is 25.2 Å². The van der Waals surface area contributed by atoms with Crippen molar-refractivity contribution >= 4 is 21.6 Å². The van der Waals surface area contributed by atoms with E-state index in [0.29, 0.717) is 18.5 Å². The number of carbonyl (C=O) groups excluding carboxylic acids is 1. The highest BCUT2D eigenvalue weighted by Gasteiger charge is 2.31. The topological polar surface area (TPSA) is 57.7 Å². The first-order chi connectivity index (χ1) is 11.6. The maximum atomic E-state index is 13.0. The predicted octanol–water partition coefficient (Wildman–Crippen LogP) is 2.28. The van der Waals surface area contributed by atoms with E-state index >= 15 is 0 Å². The molecule has 0 aromatic heterocycles. The van der Waals surface area contributed by atoms with Crippen LogP contribution in [0.3, 0.4) is 0 Å². The minimum atomic E-state index is -3.66. The number of benzene rings is 2. The summed E-state index contributed by atoms with van der Waals surface area (Å²) in [5.41, 5.74) is 2.20. The zero-order valence-corrected chi connectivity index (χ0v) is 14.0. The Hall–Kier alpha value is -2.34. The molecule has 0 radical (unpaired) electrons. The Morgan fingerprint density at radius 3 is 2.50 bits per heavy atom. The zero-order valence-electron chi connectivity index (χ0n) is 13.2. The van der Waals surface area contributed by atoms with E-state index in [-0.39, 0.29) is 10.8 Å². The van der Waals surface area contributed by atoms with Gasteiger partial charge in [-0.25, -0.2) is 8.42 Å². The second-order valence-electron chi connectivity index (χ2n) is 6.13. The molecule has 0 saturated carbocycles. The Balaban J connectivity index is 1.69. The van der Waals surface area contributed by atoms with E-state index in [2.05, 4.69) is 0 Å². The Morgan fingerprint density at radius 2 is 1.75 bits per heavy atom. The molecule has 124 valence electrons. The molecule has 0 unspecified atom stereocenters.